The summed E-state index contributed by atoms with van der Waals surface area (Å²) in [5.41, 5.74) is 2.53. The molecule has 2 aromatic carbocycles. The highest BCUT2D eigenvalue weighted by molar-refractivity contribution is 7.89. The lowest BCUT2D eigenvalue weighted by Crippen LogP contribution is -2.33. The van der Waals surface area contributed by atoms with E-state index in [1.807, 2.05) is 13.8 Å². The fraction of sp³-hybridized carbons (Fsp3) is 0.364. The van der Waals surface area contributed by atoms with Crippen molar-refractivity contribution in [3.8, 4) is 11.5 Å². The van der Waals surface area contributed by atoms with Crippen molar-refractivity contribution in [1.29, 1.82) is 0 Å². The molecule has 0 fully saturated rings. The van der Waals surface area contributed by atoms with Crippen molar-refractivity contribution in [1.82, 2.24) is 4.72 Å². The maximum atomic E-state index is 12.7. The number of phenols is 2. The van der Waals surface area contributed by atoms with Gasteiger partial charge >= 0.3 is 0 Å². The van der Waals surface area contributed by atoms with Gasteiger partial charge in [-0.3, -0.25) is 0 Å². The summed E-state index contributed by atoms with van der Waals surface area (Å²) in [7, 11) is -3.58. The van der Waals surface area contributed by atoms with E-state index in [2.05, 4.69) is 22.2 Å². The van der Waals surface area contributed by atoms with E-state index >= 15 is 0 Å². The van der Waals surface area contributed by atoms with E-state index in [1.54, 1.807) is 30.3 Å². The molecule has 0 saturated heterocycles. The molecule has 4 unspecified atom stereocenters. The molecule has 0 amide bonds. The molecule has 7 heteroatoms. The topological polar surface area (TPSA) is 98.7 Å². The second-order valence-electron chi connectivity index (χ2n) is 7.90. The van der Waals surface area contributed by atoms with E-state index < -0.39 is 10.0 Å². The minimum atomic E-state index is -3.58. The molecule has 1 aliphatic carbocycles. The Kier molecular flexibility index (Phi) is 5.04. The van der Waals surface area contributed by atoms with Crippen molar-refractivity contribution in [3.63, 3.8) is 0 Å². The number of benzene rings is 2. The molecule has 0 aromatic heterocycles. The average Bonchev–Trinajstić information content (AvgIpc) is 3.17. The van der Waals surface area contributed by atoms with Crippen LogP contribution in [0.2, 0.25) is 0 Å². The smallest absolute Gasteiger partial charge is 0.240 e. The first-order chi connectivity index (χ1) is 13.8. The van der Waals surface area contributed by atoms with E-state index in [0.29, 0.717) is 0 Å². The van der Waals surface area contributed by atoms with Crippen LogP contribution in [0.1, 0.15) is 49.8 Å². The highest BCUT2D eigenvalue weighted by Gasteiger charge is 2.39. The van der Waals surface area contributed by atoms with Gasteiger partial charge in [-0.2, -0.15) is 0 Å². The summed E-state index contributed by atoms with van der Waals surface area (Å²) in [5.74, 6) is 0.280. The van der Waals surface area contributed by atoms with Crippen molar-refractivity contribution in [2.45, 2.75) is 49.6 Å². The molecular weight excluding hydrogens is 388 g/mol. The quantitative estimate of drug-likeness (QED) is 0.554. The van der Waals surface area contributed by atoms with Crippen LogP contribution in [0.5, 0.6) is 11.5 Å². The predicted molar refractivity (Wildman–Crippen MR) is 113 cm³/mol. The fourth-order valence-electron chi connectivity index (χ4n) is 4.26. The monoisotopic (exact) mass is 414 g/mol. The molecule has 0 spiro atoms. The average molecular weight is 415 g/mol. The lowest BCUT2D eigenvalue weighted by molar-refractivity contribution is 0.398. The largest absolute Gasteiger partial charge is 0.508 e. The van der Waals surface area contributed by atoms with Gasteiger partial charge in [-0.25, -0.2) is 13.1 Å². The Hall–Kier alpha value is -2.51. The standard InChI is InChI=1S/C22H26N2O4S/c1-3-13(2)24-29(27,28)15-8-10-20-19(12-15)16-5-4-6-17(16)22(23-20)18-9-7-14(25)11-21(18)26/h4-5,7-13,16-17,22-26H,3,6H2,1-2H3. The Balaban J connectivity index is 1.72. The van der Waals surface area contributed by atoms with Crippen LogP contribution < -0.4 is 10.0 Å². The molecule has 1 aliphatic heterocycles. The summed E-state index contributed by atoms with van der Waals surface area (Å²) in [6.45, 7) is 3.79. The van der Waals surface area contributed by atoms with Crippen LogP contribution in [0.4, 0.5) is 5.69 Å². The third-order valence-electron chi connectivity index (χ3n) is 5.96. The molecule has 0 bridgehead atoms. The van der Waals surface area contributed by atoms with Gasteiger partial charge in [-0.1, -0.05) is 19.1 Å². The SMILES string of the molecule is CCC(C)NS(=O)(=O)c1ccc2c(c1)C1C=CCC1C(c1ccc(O)cc1O)N2. The second kappa shape index (κ2) is 7.39. The summed E-state index contributed by atoms with van der Waals surface area (Å²) in [4.78, 5) is 0.267. The normalized spacial score (nSPS) is 23.9. The van der Waals surface area contributed by atoms with Crippen molar-refractivity contribution in [2.75, 3.05) is 5.32 Å². The number of sulfonamides is 1. The van der Waals surface area contributed by atoms with Crippen LogP contribution in [0.3, 0.4) is 0 Å². The van der Waals surface area contributed by atoms with Gasteiger partial charge in [-0.05, 0) is 61.6 Å². The predicted octanol–water partition coefficient (Wildman–Crippen LogP) is 4.00. The van der Waals surface area contributed by atoms with Crippen molar-refractivity contribution in [2.24, 2.45) is 5.92 Å². The Bertz CT molecular complexity index is 1060. The lowest BCUT2D eigenvalue weighted by Gasteiger charge is -2.38. The summed E-state index contributed by atoms with van der Waals surface area (Å²) in [6.07, 6.45) is 5.77. The molecule has 29 heavy (non-hydrogen) atoms. The number of rotatable bonds is 5. The van der Waals surface area contributed by atoms with Crippen molar-refractivity contribution >= 4 is 15.7 Å². The third-order valence-corrected chi connectivity index (χ3v) is 7.55. The molecular formula is C22H26N2O4S. The zero-order valence-electron chi connectivity index (χ0n) is 16.5. The van der Waals surface area contributed by atoms with Crippen LogP contribution >= 0.6 is 0 Å². The summed E-state index contributed by atoms with van der Waals surface area (Å²) in [5, 5.41) is 23.5. The number of allylic oxidation sites excluding steroid dienone is 2. The first kappa shape index (κ1) is 19.8. The van der Waals surface area contributed by atoms with Crippen LogP contribution in [0, 0.1) is 5.92 Å². The molecule has 154 valence electrons. The summed E-state index contributed by atoms with van der Waals surface area (Å²) in [6, 6.07) is 9.56. The molecule has 2 aliphatic rings. The van der Waals surface area contributed by atoms with E-state index in [4.69, 9.17) is 0 Å². The Labute approximate surface area is 171 Å². The minimum Gasteiger partial charge on any atom is -0.508 e. The molecule has 1 heterocycles. The molecule has 4 rings (SSSR count). The van der Waals surface area contributed by atoms with Gasteiger partial charge in [0.1, 0.15) is 11.5 Å². The Morgan fingerprint density at radius 3 is 2.69 bits per heavy atom. The number of phenolic OH excluding ortho intramolecular Hbond substituents is 2. The maximum absolute atomic E-state index is 12.7. The van der Waals surface area contributed by atoms with Gasteiger partial charge in [0, 0.05) is 29.3 Å². The lowest BCUT2D eigenvalue weighted by atomic mass is 9.77. The second-order valence-corrected chi connectivity index (χ2v) is 9.61. The van der Waals surface area contributed by atoms with Gasteiger partial charge in [0.05, 0.1) is 10.9 Å². The Morgan fingerprint density at radius 1 is 1.17 bits per heavy atom. The van der Waals surface area contributed by atoms with Crippen LogP contribution in [0.15, 0.2) is 53.4 Å². The van der Waals surface area contributed by atoms with Crippen LogP contribution in [-0.4, -0.2) is 24.7 Å². The highest BCUT2D eigenvalue weighted by atomic mass is 32.2. The van der Waals surface area contributed by atoms with Crippen molar-refractivity contribution < 1.29 is 18.6 Å². The van der Waals surface area contributed by atoms with Crippen LogP contribution in [-0.2, 0) is 10.0 Å². The van der Waals surface area contributed by atoms with Crippen molar-refractivity contribution in [3.05, 3.63) is 59.7 Å². The maximum Gasteiger partial charge on any atom is 0.240 e. The number of hydrogen-bond acceptors (Lipinski definition) is 5. The van der Waals surface area contributed by atoms with E-state index in [9.17, 15) is 18.6 Å². The third kappa shape index (κ3) is 3.60. The van der Waals surface area contributed by atoms with Gasteiger partial charge in [0.25, 0.3) is 0 Å². The first-order valence-electron chi connectivity index (χ1n) is 9.91. The zero-order valence-corrected chi connectivity index (χ0v) is 17.3. The fourth-order valence-corrected chi connectivity index (χ4v) is 5.62. The summed E-state index contributed by atoms with van der Waals surface area (Å²) < 4.78 is 28.2. The molecule has 6 nitrogen and oxygen atoms in total. The number of aromatic hydroxyl groups is 2. The van der Waals surface area contributed by atoms with Gasteiger partial charge in [0.15, 0.2) is 0 Å². The van der Waals surface area contributed by atoms with E-state index in [0.717, 1.165) is 29.7 Å². The number of fused-ring (bicyclic) bond motifs is 3. The number of anilines is 1. The Morgan fingerprint density at radius 2 is 1.97 bits per heavy atom. The number of nitrogens with one attached hydrogen (secondary N) is 2. The molecule has 0 radical (unpaired) electrons. The minimum absolute atomic E-state index is 0.0206. The van der Waals surface area contributed by atoms with Gasteiger partial charge in [0.2, 0.25) is 10.0 Å². The highest BCUT2D eigenvalue weighted by Crippen LogP contribution is 2.51. The molecule has 4 N–H and O–H groups in total. The van der Waals surface area contributed by atoms with Gasteiger partial charge < -0.3 is 15.5 Å². The first-order valence-corrected chi connectivity index (χ1v) is 11.4. The molecule has 4 atom stereocenters. The molecule has 2 aromatic rings. The van der Waals surface area contributed by atoms with Gasteiger partial charge in [-0.15, -0.1) is 0 Å². The van der Waals surface area contributed by atoms with Crippen LogP contribution in [0.25, 0.3) is 0 Å². The summed E-state index contributed by atoms with van der Waals surface area (Å²) >= 11 is 0. The molecule has 0 saturated carbocycles. The zero-order chi connectivity index (χ0) is 20.8. The number of hydrogen-bond donors (Lipinski definition) is 4. The van der Waals surface area contributed by atoms with E-state index in [-0.39, 0.29) is 40.3 Å². The van der Waals surface area contributed by atoms with E-state index in [1.165, 1.54) is 6.07 Å².